The van der Waals surface area contributed by atoms with Gasteiger partial charge >= 0.3 is 0 Å². The Labute approximate surface area is 94.9 Å². The maximum atomic E-state index is 11.3. The zero-order valence-corrected chi connectivity index (χ0v) is 9.37. The lowest BCUT2D eigenvalue weighted by molar-refractivity contribution is -0.112. The zero-order valence-electron chi connectivity index (χ0n) is 7.79. The minimum absolute atomic E-state index is 0.252. The molecular formula is C11H8BrNO2. The molecule has 1 heterocycles. The summed E-state index contributed by atoms with van der Waals surface area (Å²) >= 11 is 3.01. The molecular weight excluding hydrogens is 258 g/mol. The highest BCUT2D eigenvalue weighted by Crippen LogP contribution is 2.20. The van der Waals surface area contributed by atoms with Crippen molar-refractivity contribution in [1.82, 2.24) is 0 Å². The molecule has 15 heavy (non-hydrogen) atoms. The van der Waals surface area contributed by atoms with Crippen molar-refractivity contribution in [3.63, 3.8) is 0 Å². The van der Waals surface area contributed by atoms with Gasteiger partial charge in [0.25, 0.3) is 5.91 Å². The fourth-order valence-corrected chi connectivity index (χ4v) is 1.34. The van der Waals surface area contributed by atoms with Gasteiger partial charge in [0.2, 0.25) is 0 Å². The fraction of sp³-hybridized carbons (Fsp3) is 0. The fourth-order valence-electron chi connectivity index (χ4n) is 1.24. The Morgan fingerprint density at radius 1 is 1.40 bits per heavy atom. The van der Waals surface area contributed by atoms with E-state index in [2.05, 4.69) is 27.8 Å². The van der Waals surface area contributed by atoms with E-state index in [-0.39, 0.29) is 5.91 Å². The Bertz CT molecular complexity index is 530. The SMILES string of the molecule is C=C(Br)C(=O)Nc1ccc2occc2c1. The van der Waals surface area contributed by atoms with Gasteiger partial charge in [-0.3, -0.25) is 4.79 Å². The molecule has 4 heteroatoms. The highest BCUT2D eigenvalue weighted by Gasteiger charge is 2.04. The number of anilines is 1. The average Bonchev–Trinajstić information content (AvgIpc) is 2.64. The van der Waals surface area contributed by atoms with Gasteiger partial charge < -0.3 is 9.73 Å². The molecule has 0 bridgehead atoms. The van der Waals surface area contributed by atoms with Crippen LogP contribution in [0.4, 0.5) is 5.69 Å². The Balaban J connectivity index is 2.28. The summed E-state index contributed by atoms with van der Waals surface area (Å²) in [5.41, 5.74) is 1.51. The van der Waals surface area contributed by atoms with Crippen LogP contribution in [0.5, 0.6) is 0 Å². The van der Waals surface area contributed by atoms with Crippen molar-refractivity contribution in [2.45, 2.75) is 0 Å². The van der Waals surface area contributed by atoms with E-state index in [9.17, 15) is 4.79 Å². The van der Waals surface area contributed by atoms with E-state index in [0.717, 1.165) is 16.7 Å². The van der Waals surface area contributed by atoms with Crippen LogP contribution in [0.3, 0.4) is 0 Å². The molecule has 0 aliphatic rings. The standard InChI is InChI=1S/C11H8BrNO2/c1-7(12)11(14)13-9-2-3-10-8(6-9)4-5-15-10/h2-6H,1H2,(H,13,14). The summed E-state index contributed by atoms with van der Waals surface area (Å²) in [5.74, 6) is -0.252. The van der Waals surface area contributed by atoms with E-state index in [1.807, 2.05) is 18.2 Å². The van der Waals surface area contributed by atoms with Gasteiger partial charge in [0.1, 0.15) is 5.58 Å². The van der Waals surface area contributed by atoms with Crippen molar-refractivity contribution in [2.24, 2.45) is 0 Å². The lowest BCUT2D eigenvalue weighted by Gasteiger charge is -2.02. The molecule has 2 rings (SSSR count). The maximum absolute atomic E-state index is 11.3. The van der Waals surface area contributed by atoms with Gasteiger partial charge in [0.15, 0.2) is 0 Å². The van der Waals surface area contributed by atoms with Gasteiger partial charge in [-0.25, -0.2) is 0 Å². The normalized spacial score (nSPS) is 10.2. The Kier molecular flexibility index (Phi) is 2.60. The number of hydrogen-bond acceptors (Lipinski definition) is 2. The minimum atomic E-state index is -0.252. The van der Waals surface area contributed by atoms with E-state index in [1.54, 1.807) is 12.3 Å². The Morgan fingerprint density at radius 3 is 2.93 bits per heavy atom. The second kappa shape index (κ2) is 3.90. The van der Waals surface area contributed by atoms with Crippen LogP contribution in [0.15, 0.2) is 46.0 Å². The summed E-state index contributed by atoms with van der Waals surface area (Å²) in [5, 5.41) is 3.65. The number of furan rings is 1. The van der Waals surface area contributed by atoms with Crippen LogP contribution in [0.2, 0.25) is 0 Å². The van der Waals surface area contributed by atoms with Crippen LogP contribution < -0.4 is 5.32 Å². The first-order valence-corrected chi connectivity index (χ1v) is 5.09. The van der Waals surface area contributed by atoms with E-state index in [4.69, 9.17) is 4.42 Å². The van der Waals surface area contributed by atoms with Crippen molar-refractivity contribution < 1.29 is 9.21 Å². The Hall–Kier alpha value is -1.55. The van der Waals surface area contributed by atoms with Crippen LogP contribution >= 0.6 is 15.9 Å². The number of nitrogens with one attached hydrogen (secondary N) is 1. The number of hydrogen-bond donors (Lipinski definition) is 1. The molecule has 1 aromatic carbocycles. The molecule has 1 amide bonds. The average molecular weight is 266 g/mol. The first-order chi connectivity index (χ1) is 7.16. The lowest BCUT2D eigenvalue weighted by Crippen LogP contribution is -2.10. The number of carbonyl (C=O) groups is 1. The first-order valence-electron chi connectivity index (χ1n) is 4.30. The van der Waals surface area contributed by atoms with Crippen molar-refractivity contribution in [3.05, 3.63) is 41.6 Å². The van der Waals surface area contributed by atoms with Crippen molar-refractivity contribution in [2.75, 3.05) is 5.32 Å². The summed E-state index contributed by atoms with van der Waals surface area (Å²) < 4.78 is 5.49. The van der Waals surface area contributed by atoms with Crippen LogP contribution in [0.25, 0.3) is 11.0 Å². The van der Waals surface area contributed by atoms with E-state index in [0.29, 0.717) is 4.48 Å². The van der Waals surface area contributed by atoms with Crippen LogP contribution in [-0.2, 0) is 4.79 Å². The lowest BCUT2D eigenvalue weighted by atomic mass is 10.2. The van der Waals surface area contributed by atoms with Gasteiger partial charge in [-0.1, -0.05) is 6.58 Å². The zero-order chi connectivity index (χ0) is 10.8. The monoisotopic (exact) mass is 265 g/mol. The molecule has 0 fully saturated rings. The number of halogens is 1. The molecule has 2 aromatic rings. The van der Waals surface area contributed by atoms with Crippen molar-refractivity contribution in [3.8, 4) is 0 Å². The van der Waals surface area contributed by atoms with Gasteiger partial charge in [-0.15, -0.1) is 0 Å². The summed E-state index contributed by atoms with van der Waals surface area (Å²) in [6.07, 6.45) is 1.61. The van der Waals surface area contributed by atoms with Gasteiger partial charge in [-0.2, -0.15) is 0 Å². The predicted octanol–water partition coefficient (Wildman–Crippen LogP) is 3.28. The molecule has 0 unspecified atom stereocenters. The molecule has 0 aliphatic heterocycles. The summed E-state index contributed by atoms with van der Waals surface area (Å²) in [7, 11) is 0. The molecule has 0 aliphatic carbocycles. The van der Waals surface area contributed by atoms with E-state index >= 15 is 0 Å². The van der Waals surface area contributed by atoms with Crippen LogP contribution in [0, 0.1) is 0 Å². The van der Waals surface area contributed by atoms with Crippen molar-refractivity contribution in [1.29, 1.82) is 0 Å². The molecule has 1 aromatic heterocycles. The minimum Gasteiger partial charge on any atom is -0.464 e. The predicted molar refractivity (Wildman–Crippen MR) is 62.9 cm³/mol. The van der Waals surface area contributed by atoms with E-state index < -0.39 is 0 Å². The second-order valence-corrected chi connectivity index (χ2v) is 3.99. The number of rotatable bonds is 2. The topological polar surface area (TPSA) is 42.2 Å². The molecule has 1 N–H and O–H groups in total. The third-order valence-corrected chi connectivity index (χ3v) is 2.32. The molecule has 3 nitrogen and oxygen atoms in total. The second-order valence-electron chi connectivity index (χ2n) is 3.03. The van der Waals surface area contributed by atoms with Gasteiger partial charge in [-0.05, 0) is 40.2 Å². The van der Waals surface area contributed by atoms with Gasteiger partial charge in [0.05, 0.1) is 10.7 Å². The molecule has 0 saturated carbocycles. The summed E-state index contributed by atoms with van der Waals surface area (Å²) in [4.78, 5) is 11.3. The van der Waals surface area contributed by atoms with E-state index in [1.165, 1.54) is 0 Å². The molecule has 76 valence electrons. The van der Waals surface area contributed by atoms with Crippen LogP contribution in [0.1, 0.15) is 0 Å². The molecule has 0 radical (unpaired) electrons. The highest BCUT2D eigenvalue weighted by atomic mass is 79.9. The molecule has 0 saturated heterocycles. The number of amides is 1. The number of fused-ring (bicyclic) bond motifs is 1. The smallest absolute Gasteiger partial charge is 0.262 e. The first kappa shape index (κ1) is 9.98. The quantitative estimate of drug-likeness (QED) is 0.847. The number of carbonyl (C=O) groups excluding carboxylic acids is 1. The largest absolute Gasteiger partial charge is 0.464 e. The molecule has 0 spiro atoms. The summed E-state index contributed by atoms with van der Waals surface area (Å²) in [6, 6.07) is 7.27. The van der Waals surface area contributed by atoms with Crippen molar-refractivity contribution >= 4 is 38.5 Å². The molecule has 0 atom stereocenters. The third kappa shape index (κ3) is 2.10. The third-order valence-electron chi connectivity index (χ3n) is 1.96. The van der Waals surface area contributed by atoms with Gasteiger partial charge in [0, 0.05) is 11.1 Å². The maximum Gasteiger partial charge on any atom is 0.262 e. The summed E-state index contributed by atoms with van der Waals surface area (Å²) in [6.45, 7) is 3.49. The number of benzene rings is 1. The highest BCUT2D eigenvalue weighted by molar-refractivity contribution is 9.12. The van der Waals surface area contributed by atoms with Crippen LogP contribution in [-0.4, -0.2) is 5.91 Å². The Morgan fingerprint density at radius 2 is 2.20 bits per heavy atom.